The van der Waals surface area contributed by atoms with E-state index in [-0.39, 0.29) is 24.1 Å². The van der Waals surface area contributed by atoms with Crippen molar-refractivity contribution in [3.63, 3.8) is 0 Å². The molecule has 0 aliphatic heterocycles. The summed E-state index contributed by atoms with van der Waals surface area (Å²) in [7, 11) is 0. The molecule has 19 heavy (non-hydrogen) atoms. The van der Waals surface area contributed by atoms with Crippen molar-refractivity contribution in [3.05, 3.63) is 47.3 Å². The van der Waals surface area contributed by atoms with Crippen LogP contribution < -0.4 is 5.32 Å². The zero-order valence-electron chi connectivity index (χ0n) is 10.6. The predicted octanol–water partition coefficient (Wildman–Crippen LogP) is 1.83. The molecule has 1 aromatic carbocycles. The number of halogens is 1. The van der Waals surface area contributed by atoms with Crippen LogP contribution in [-0.4, -0.2) is 21.1 Å². The van der Waals surface area contributed by atoms with Gasteiger partial charge in [0, 0.05) is 13.0 Å². The van der Waals surface area contributed by atoms with Gasteiger partial charge in [-0.1, -0.05) is 19.1 Å². The third kappa shape index (κ3) is 3.61. The third-order valence-electron chi connectivity index (χ3n) is 2.56. The Labute approximate surface area is 110 Å². The number of carbonyl (C=O) groups is 1. The highest BCUT2D eigenvalue weighted by molar-refractivity contribution is 5.90. The molecule has 0 spiro atoms. The van der Waals surface area contributed by atoms with Crippen molar-refractivity contribution in [3.8, 4) is 0 Å². The lowest BCUT2D eigenvalue weighted by molar-refractivity contribution is 0.0941. The number of nitrogens with one attached hydrogen (secondary N) is 2. The second-order valence-corrected chi connectivity index (χ2v) is 4.17. The Kier molecular flexibility index (Phi) is 4.22. The Balaban J connectivity index is 1.93. The number of rotatable bonds is 5. The fourth-order valence-electron chi connectivity index (χ4n) is 1.65. The van der Waals surface area contributed by atoms with Gasteiger partial charge in [0.25, 0.3) is 5.91 Å². The highest BCUT2D eigenvalue weighted by Crippen LogP contribution is 2.03. The summed E-state index contributed by atoms with van der Waals surface area (Å²) >= 11 is 0. The normalized spacial score (nSPS) is 10.4. The zero-order valence-corrected chi connectivity index (χ0v) is 10.6. The zero-order chi connectivity index (χ0) is 13.7. The first-order valence-corrected chi connectivity index (χ1v) is 6.13. The van der Waals surface area contributed by atoms with Crippen molar-refractivity contribution >= 4 is 5.91 Å². The predicted molar refractivity (Wildman–Crippen MR) is 67.9 cm³/mol. The molecule has 0 unspecified atom stereocenters. The van der Waals surface area contributed by atoms with Gasteiger partial charge in [-0.25, -0.2) is 9.37 Å². The summed E-state index contributed by atoms with van der Waals surface area (Å²) < 4.78 is 13.0. The Morgan fingerprint density at radius 1 is 1.47 bits per heavy atom. The molecule has 1 heterocycles. The van der Waals surface area contributed by atoms with Crippen molar-refractivity contribution in [2.45, 2.75) is 26.3 Å². The lowest BCUT2D eigenvalue weighted by Gasteiger charge is -2.02. The molecule has 0 bridgehead atoms. The molecule has 5 nitrogen and oxygen atoms in total. The maximum absolute atomic E-state index is 13.0. The average Bonchev–Trinajstić information content (AvgIpc) is 2.85. The van der Waals surface area contributed by atoms with Crippen LogP contribution in [0.2, 0.25) is 0 Å². The van der Waals surface area contributed by atoms with E-state index in [1.54, 1.807) is 12.1 Å². The minimum Gasteiger partial charge on any atom is -0.345 e. The molecule has 0 atom stereocenters. The van der Waals surface area contributed by atoms with E-state index < -0.39 is 0 Å². The van der Waals surface area contributed by atoms with Crippen molar-refractivity contribution in [1.29, 1.82) is 0 Å². The van der Waals surface area contributed by atoms with Crippen LogP contribution in [0.15, 0.2) is 24.3 Å². The first-order valence-electron chi connectivity index (χ1n) is 6.13. The first kappa shape index (κ1) is 13.2. The molecule has 0 aliphatic rings. The van der Waals surface area contributed by atoms with Crippen LogP contribution in [0.3, 0.4) is 0 Å². The number of benzene rings is 1. The fraction of sp³-hybridized carbons (Fsp3) is 0.308. The van der Waals surface area contributed by atoms with Crippen LogP contribution >= 0.6 is 0 Å². The van der Waals surface area contributed by atoms with Gasteiger partial charge in [0.1, 0.15) is 11.6 Å². The summed E-state index contributed by atoms with van der Waals surface area (Å²) in [6.07, 6.45) is 1.68. The quantitative estimate of drug-likeness (QED) is 0.863. The number of hydrogen-bond acceptors (Lipinski definition) is 3. The summed E-state index contributed by atoms with van der Waals surface area (Å²) in [5, 5.41) is 9.20. The van der Waals surface area contributed by atoms with Crippen LogP contribution in [0.25, 0.3) is 0 Å². The van der Waals surface area contributed by atoms with Crippen molar-refractivity contribution < 1.29 is 9.18 Å². The first-order chi connectivity index (χ1) is 9.19. The summed E-state index contributed by atoms with van der Waals surface area (Å²) in [5.74, 6) is 0.107. The van der Waals surface area contributed by atoms with E-state index in [2.05, 4.69) is 20.5 Å². The van der Waals surface area contributed by atoms with Crippen LogP contribution in [0.1, 0.15) is 35.4 Å². The van der Waals surface area contributed by atoms with Gasteiger partial charge < -0.3 is 5.32 Å². The molecule has 2 aromatic rings. The van der Waals surface area contributed by atoms with Crippen LogP contribution in [0, 0.1) is 5.82 Å². The topological polar surface area (TPSA) is 70.7 Å². The Morgan fingerprint density at radius 2 is 2.32 bits per heavy atom. The second-order valence-electron chi connectivity index (χ2n) is 4.17. The van der Waals surface area contributed by atoms with Crippen LogP contribution in [0.4, 0.5) is 4.39 Å². The third-order valence-corrected chi connectivity index (χ3v) is 2.56. The van der Waals surface area contributed by atoms with Crippen molar-refractivity contribution in [2.24, 2.45) is 0 Å². The number of carbonyl (C=O) groups excluding carboxylic acids is 1. The highest BCUT2D eigenvalue weighted by Gasteiger charge is 2.11. The number of amides is 1. The molecule has 0 aliphatic carbocycles. The smallest absolute Gasteiger partial charge is 0.291 e. The maximum Gasteiger partial charge on any atom is 0.291 e. The van der Waals surface area contributed by atoms with Gasteiger partial charge in [-0.15, -0.1) is 5.10 Å². The summed E-state index contributed by atoms with van der Waals surface area (Å²) in [6, 6.07) is 6.07. The monoisotopic (exact) mass is 262 g/mol. The van der Waals surface area contributed by atoms with Gasteiger partial charge in [-0.2, -0.15) is 0 Å². The van der Waals surface area contributed by atoms with Crippen molar-refractivity contribution in [2.75, 3.05) is 0 Å². The van der Waals surface area contributed by atoms with Gasteiger partial charge >= 0.3 is 0 Å². The molecular formula is C13H15FN4O. The van der Waals surface area contributed by atoms with Crippen molar-refractivity contribution in [1.82, 2.24) is 20.5 Å². The van der Waals surface area contributed by atoms with Gasteiger partial charge in [-0.3, -0.25) is 9.89 Å². The molecule has 1 aromatic heterocycles. The number of aromatic amines is 1. The van der Waals surface area contributed by atoms with E-state index in [1.165, 1.54) is 12.1 Å². The van der Waals surface area contributed by atoms with Crippen LogP contribution in [-0.2, 0) is 13.0 Å². The fourth-order valence-corrected chi connectivity index (χ4v) is 1.65. The van der Waals surface area contributed by atoms with Gasteiger partial charge in [0.05, 0.1) is 0 Å². The summed E-state index contributed by atoms with van der Waals surface area (Å²) in [6.45, 7) is 2.26. The average molecular weight is 262 g/mol. The molecule has 0 saturated heterocycles. The SMILES string of the molecule is CCCc1nc(C(=O)NCc2cccc(F)c2)n[nH]1. The number of nitrogens with zero attached hydrogens (tertiary/aromatic N) is 2. The highest BCUT2D eigenvalue weighted by atomic mass is 19.1. The number of aromatic nitrogens is 3. The van der Waals surface area contributed by atoms with Gasteiger partial charge in [0.15, 0.2) is 0 Å². The second kappa shape index (κ2) is 6.08. The maximum atomic E-state index is 13.0. The molecule has 100 valence electrons. The van der Waals surface area contributed by atoms with E-state index in [4.69, 9.17) is 0 Å². The van der Waals surface area contributed by atoms with Crippen LogP contribution in [0.5, 0.6) is 0 Å². The molecular weight excluding hydrogens is 247 g/mol. The Morgan fingerprint density at radius 3 is 3.05 bits per heavy atom. The van der Waals surface area contributed by atoms with E-state index >= 15 is 0 Å². The standard InChI is InChI=1S/C13H15FN4O/c1-2-4-11-16-12(18-17-11)13(19)15-8-9-5-3-6-10(14)7-9/h3,5-7H,2,4,8H2,1H3,(H,15,19)(H,16,17,18). The van der Waals surface area contributed by atoms with E-state index in [9.17, 15) is 9.18 Å². The summed E-state index contributed by atoms with van der Waals surface area (Å²) in [5.41, 5.74) is 0.692. The van der Waals surface area contributed by atoms with Gasteiger partial charge in [0.2, 0.25) is 5.82 Å². The lowest BCUT2D eigenvalue weighted by Crippen LogP contribution is -2.24. The molecule has 6 heteroatoms. The molecule has 2 rings (SSSR count). The Hall–Kier alpha value is -2.24. The van der Waals surface area contributed by atoms with E-state index in [0.29, 0.717) is 11.4 Å². The number of H-pyrrole nitrogens is 1. The molecule has 0 saturated carbocycles. The lowest BCUT2D eigenvalue weighted by atomic mass is 10.2. The Bertz CT molecular complexity index is 567. The summed E-state index contributed by atoms with van der Waals surface area (Å²) in [4.78, 5) is 15.8. The number of aryl methyl sites for hydroxylation is 1. The minimum absolute atomic E-state index is 0.111. The molecule has 0 radical (unpaired) electrons. The molecule has 2 N–H and O–H groups in total. The number of hydrogen-bond donors (Lipinski definition) is 2. The minimum atomic E-state index is -0.372. The van der Waals surface area contributed by atoms with Gasteiger partial charge in [-0.05, 0) is 24.1 Å². The largest absolute Gasteiger partial charge is 0.345 e. The molecule has 1 amide bonds. The van der Waals surface area contributed by atoms with E-state index in [1.807, 2.05) is 6.92 Å². The van der Waals surface area contributed by atoms with E-state index in [0.717, 1.165) is 12.8 Å². The molecule has 0 fully saturated rings.